The molecule has 1 aromatic carbocycles. The summed E-state index contributed by atoms with van der Waals surface area (Å²) < 4.78 is 5.09. The molecular formula is C17H27N4O4+. The molecule has 0 saturated carbocycles. The molecular weight excluding hydrogens is 324 g/mol. The summed E-state index contributed by atoms with van der Waals surface area (Å²) >= 11 is 0. The fourth-order valence-electron chi connectivity index (χ4n) is 2.11. The largest absolute Gasteiger partial charge is 0.497 e. The molecule has 0 fully saturated rings. The van der Waals surface area contributed by atoms with Crippen molar-refractivity contribution in [2.24, 2.45) is 0 Å². The second-order valence-corrected chi connectivity index (χ2v) is 5.75. The second kappa shape index (κ2) is 11.0. The van der Waals surface area contributed by atoms with Crippen LogP contribution in [0.4, 0.5) is 10.5 Å². The van der Waals surface area contributed by atoms with Gasteiger partial charge < -0.3 is 20.3 Å². The van der Waals surface area contributed by atoms with Crippen molar-refractivity contribution >= 4 is 23.5 Å². The van der Waals surface area contributed by atoms with Crippen LogP contribution in [0.15, 0.2) is 24.3 Å². The number of amides is 4. The van der Waals surface area contributed by atoms with Crippen LogP contribution >= 0.6 is 0 Å². The van der Waals surface area contributed by atoms with E-state index >= 15 is 0 Å². The van der Waals surface area contributed by atoms with E-state index in [1.165, 1.54) is 0 Å². The van der Waals surface area contributed by atoms with Crippen LogP contribution in [0.1, 0.15) is 19.8 Å². The standard InChI is InChI=1S/C17H26N4O4/c1-4-5-9-18-17(24)20-16(23)12-21(2)11-15(22)19-13-7-6-8-14(10-13)25-3/h6-8,10H,4-5,9,11-12H2,1-3H3,(H,19,22)(H2,18,20,23,24)/p+1. The van der Waals surface area contributed by atoms with Crippen LogP contribution in [0.5, 0.6) is 5.75 Å². The zero-order chi connectivity index (χ0) is 18.7. The Morgan fingerprint density at radius 3 is 2.56 bits per heavy atom. The van der Waals surface area contributed by atoms with Crippen molar-refractivity contribution in [2.45, 2.75) is 19.8 Å². The Labute approximate surface area is 147 Å². The Balaban J connectivity index is 2.34. The van der Waals surface area contributed by atoms with Crippen LogP contribution < -0.4 is 25.6 Å². The van der Waals surface area contributed by atoms with Crippen molar-refractivity contribution < 1.29 is 24.0 Å². The van der Waals surface area contributed by atoms with Gasteiger partial charge in [0, 0.05) is 18.3 Å². The highest BCUT2D eigenvalue weighted by molar-refractivity contribution is 5.95. The third-order valence-electron chi connectivity index (χ3n) is 3.35. The number of likely N-dealkylation sites (N-methyl/N-ethyl adjacent to an activating group) is 1. The van der Waals surface area contributed by atoms with Crippen LogP contribution in [0, 0.1) is 0 Å². The Kier molecular flexibility index (Phi) is 9.02. The van der Waals surface area contributed by atoms with Gasteiger partial charge in [-0.1, -0.05) is 19.4 Å². The molecule has 0 aromatic heterocycles. The number of quaternary nitrogens is 1. The first-order chi connectivity index (χ1) is 11.9. The van der Waals surface area contributed by atoms with E-state index in [2.05, 4.69) is 16.0 Å². The molecule has 4 N–H and O–H groups in total. The van der Waals surface area contributed by atoms with Crippen molar-refractivity contribution in [1.29, 1.82) is 0 Å². The van der Waals surface area contributed by atoms with Crippen LogP contribution in [-0.2, 0) is 9.59 Å². The van der Waals surface area contributed by atoms with Gasteiger partial charge in [-0.25, -0.2) is 4.79 Å². The molecule has 1 unspecified atom stereocenters. The highest BCUT2D eigenvalue weighted by Crippen LogP contribution is 2.16. The van der Waals surface area contributed by atoms with Gasteiger partial charge in [-0.3, -0.25) is 14.9 Å². The van der Waals surface area contributed by atoms with Gasteiger partial charge in [0.1, 0.15) is 5.75 Å². The van der Waals surface area contributed by atoms with Crippen LogP contribution in [0.25, 0.3) is 0 Å². The van der Waals surface area contributed by atoms with E-state index < -0.39 is 11.9 Å². The monoisotopic (exact) mass is 351 g/mol. The summed E-state index contributed by atoms with van der Waals surface area (Å²) in [5, 5.41) is 7.60. The van der Waals surface area contributed by atoms with Crippen molar-refractivity contribution in [1.82, 2.24) is 10.6 Å². The average Bonchev–Trinajstić information content (AvgIpc) is 2.54. The SMILES string of the molecule is CCCCNC(=O)NC(=O)C[NH+](C)CC(=O)Nc1cccc(OC)c1. The van der Waals surface area contributed by atoms with Gasteiger partial charge in [-0.2, -0.15) is 0 Å². The third kappa shape index (κ3) is 8.71. The lowest BCUT2D eigenvalue weighted by Gasteiger charge is -2.14. The molecule has 0 saturated heterocycles. The van der Waals surface area contributed by atoms with Crippen molar-refractivity contribution in [3.8, 4) is 5.75 Å². The molecule has 0 heterocycles. The van der Waals surface area contributed by atoms with E-state index in [4.69, 9.17) is 4.74 Å². The highest BCUT2D eigenvalue weighted by atomic mass is 16.5. The number of imide groups is 1. The molecule has 4 amide bonds. The van der Waals surface area contributed by atoms with E-state index in [-0.39, 0.29) is 19.0 Å². The number of ether oxygens (including phenoxy) is 1. The number of benzene rings is 1. The minimum atomic E-state index is -0.507. The zero-order valence-electron chi connectivity index (χ0n) is 15.0. The topological polar surface area (TPSA) is 101 Å². The van der Waals surface area contributed by atoms with E-state index in [9.17, 15) is 14.4 Å². The first-order valence-electron chi connectivity index (χ1n) is 8.27. The maximum absolute atomic E-state index is 12.0. The lowest BCUT2D eigenvalue weighted by atomic mass is 10.3. The quantitative estimate of drug-likeness (QED) is 0.462. The minimum absolute atomic E-state index is 0.0206. The Hall–Kier alpha value is -2.61. The van der Waals surface area contributed by atoms with Crippen LogP contribution in [0.3, 0.4) is 0 Å². The van der Waals surface area contributed by atoms with Gasteiger partial charge in [-0.15, -0.1) is 0 Å². The summed E-state index contributed by atoms with van der Waals surface area (Å²) in [6.07, 6.45) is 1.82. The van der Waals surface area contributed by atoms with Gasteiger partial charge in [0.2, 0.25) is 0 Å². The first-order valence-corrected chi connectivity index (χ1v) is 8.27. The first kappa shape index (κ1) is 20.4. The number of hydrogen-bond donors (Lipinski definition) is 4. The van der Waals surface area contributed by atoms with Crippen molar-refractivity contribution in [3.05, 3.63) is 24.3 Å². The minimum Gasteiger partial charge on any atom is -0.497 e. The van der Waals surface area contributed by atoms with Crippen LogP contribution in [-0.4, -0.2) is 51.6 Å². The number of rotatable bonds is 9. The summed E-state index contributed by atoms with van der Waals surface area (Å²) in [7, 11) is 3.26. The number of carbonyl (C=O) groups excluding carboxylic acids is 3. The van der Waals surface area contributed by atoms with Crippen molar-refractivity contribution in [3.63, 3.8) is 0 Å². The van der Waals surface area contributed by atoms with Crippen molar-refractivity contribution in [2.75, 3.05) is 39.1 Å². The van der Waals surface area contributed by atoms with E-state index in [0.29, 0.717) is 22.9 Å². The molecule has 138 valence electrons. The Morgan fingerprint density at radius 2 is 1.88 bits per heavy atom. The molecule has 0 aliphatic heterocycles. The molecule has 1 atom stereocenters. The Morgan fingerprint density at radius 1 is 1.16 bits per heavy atom. The molecule has 1 aromatic rings. The lowest BCUT2D eigenvalue weighted by Crippen LogP contribution is -3.11. The molecule has 0 aliphatic carbocycles. The average molecular weight is 351 g/mol. The number of urea groups is 1. The summed E-state index contributed by atoms with van der Waals surface area (Å²) in [5.74, 6) is -0.0152. The van der Waals surface area contributed by atoms with Gasteiger partial charge in [0.15, 0.2) is 13.1 Å². The number of anilines is 1. The fraction of sp³-hybridized carbons (Fsp3) is 0.471. The number of nitrogens with one attached hydrogen (secondary N) is 4. The zero-order valence-corrected chi connectivity index (χ0v) is 15.0. The second-order valence-electron chi connectivity index (χ2n) is 5.75. The maximum Gasteiger partial charge on any atom is 0.321 e. The molecule has 0 radical (unpaired) electrons. The smallest absolute Gasteiger partial charge is 0.321 e. The van der Waals surface area contributed by atoms with E-state index in [1.54, 1.807) is 38.4 Å². The summed E-state index contributed by atoms with van der Waals surface area (Å²) in [5.41, 5.74) is 0.622. The number of unbranched alkanes of at least 4 members (excludes halogenated alkanes) is 1. The van der Waals surface area contributed by atoms with Gasteiger partial charge in [-0.05, 0) is 18.6 Å². The molecule has 25 heavy (non-hydrogen) atoms. The van der Waals surface area contributed by atoms with Gasteiger partial charge >= 0.3 is 6.03 Å². The molecule has 1 rings (SSSR count). The van der Waals surface area contributed by atoms with E-state index in [1.807, 2.05) is 6.92 Å². The maximum atomic E-state index is 12.0. The summed E-state index contributed by atoms with van der Waals surface area (Å²) in [6.45, 7) is 2.66. The number of hydrogen-bond acceptors (Lipinski definition) is 4. The van der Waals surface area contributed by atoms with Crippen LogP contribution in [0.2, 0.25) is 0 Å². The molecule has 8 heteroatoms. The molecule has 0 aliphatic rings. The lowest BCUT2D eigenvalue weighted by molar-refractivity contribution is -0.862. The molecule has 0 spiro atoms. The molecule has 8 nitrogen and oxygen atoms in total. The van der Waals surface area contributed by atoms with Gasteiger partial charge in [0.25, 0.3) is 11.8 Å². The predicted molar refractivity (Wildman–Crippen MR) is 94.7 cm³/mol. The highest BCUT2D eigenvalue weighted by Gasteiger charge is 2.16. The number of carbonyl (C=O) groups is 3. The normalized spacial score (nSPS) is 11.3. The molecule has 0 bridgehead atoms. The van der Waals surface area contributed by atoms with E-state index in [0.717, 1.165) is 12.8 Å². The summed E-state index contributed by atoms with van der Waals surface area (Å²) in [6, 6.07) is 6.51. The predicted octanol–water partition coefficient (Wildman–Crippen LogP) is -0.226. The number of methoxy groups -OCH3 is 1. The Bertz CT molecular complexity index is 592. The van der Waals surface area contributed by atoms with Gasteiger partial charge in [0.05, 0.1) is 14.2 Å². The fourth-order valence-corrected chi connectivity index (χ4v) is 2.11. The third-order valence-corrected chi connectivity index (χ3v) is 3.35. The summed E-state index contributed by atoms with van der Waals surface area (Å²) in [4.78, 5) is 36.0.